The fourth-order valence-electron chi connectivity index (χ4n) is 1.73. The van der Waals surface area contributed by atoms with E-state index < -0.39 is 10.0 Å². The van der Waals surface area contributed by atoms with Crippen molar-refractivity contribution in [1.82, 2.24) is 15.0 Å². The fourth-order valence-corrected chi connectivity index (χ4v) is 2.91. The Bertz CT molecular complexity index is 471. The second-order valence-electron chi connectivity index (χ2n) is 4.67. The number of nitrogens with zero attached hydrogens (tertiary/aromatic N) is 1. The number of sulfonamides is 1. The Labute approximate surface area is 108 Å². The first-order valence-electron chi connectivity index (χ1n) is 6.20. The summed E-state index contributed by atoms with van der Waals surface area (Å²) in [6.07, 6.45) is 5.66. The topological polar surface area (TPSA) is 71.1 Å². The molecule has 18 heavy (non-hydrogen) atoms. The average Bonchev–Trinajstić information content (AvgIpc) is 3.13. The molecular formula is C12H19N3O2S. The van der Waals surface area contributed by atoms with Gasteiger partial charge in [0.15, 0.2) is 0 Å². The van der Waals surface area contributed by atoms with E-state index in [4.69, 9.17) is 0 Å². The minimum absolute atomic E-state index is 0.124. The SMILES string of the molecule is CC(NS(=O)(=O)CCNC1CC1)c1ccncc1. The van der Waals surface area contributed by atoms with Crippen LogP contribution in [0.3, 0.4) is 0 Å². The zero-order chi connectivity index (χ0) is 13.0. The number of pyridine rings is 1. The van der Waals surface area contributed by atoms with Gasteiger partial charge >= 0.3 is 0 Å². The Kier molecular flexibility index (Phi) is 4.31. The highest BCUT2D eigenvalue weighted by Gasteiger charge is 2.21. The lowest BCUT2D eigenvalue weighted by molar-refractivity contribution is 0.562. The van der Waals surface area contributed by atoms with Crippen LogP contribution in [-0.4, -0.2) is 31.7 Å². The van der Waals surface area contributed by atoms with Crippen molar-refractivity contribution in [2.24, 2.45) is 0 Å². The average molecular weight is 269 g/mol. The molecule has 0 amide bonds. The molecule has 1 fully saturated rings. The molecule has 0 saturated heterocycles. The summed E-state index contributed by atoms with van der Waals surface area (Å²) in [5.74, 6) is 0.124. The van der Waals surface area contributed by atoms with Crippen molar-refractivity contribution in [3.05, 3.63) is 30.1 Å². The molecule has 1 heterocycles. The number of hydrogen-bond acceptors (Lipinski definition) is 4. The van der Waals surface area contributed by atoms with Gasteiger partial charge in [-0.15, -0.1) is 0 Å². The minimum atomic E-state index is -3.23. The molecule has 5 nitrogen and oxygen atoms in total. The number of hydrogen-bond donors (Lipinski definition) is 2. The molecule has 0 aromatic carbocycles. The summed E-state index contributed by atoms with van der Waals surface area (Å²) < 4.78 is 26.4. The Morgan fingerprint density at radius 3 is 2.67 bits per heavy atom. The zero-order valence-electron chi connectivity index (χ0n) is 10.5. The van der Waals surface area contributed by atoms with Gasteiger partial charge in [-0.05, 0) is 37.5 Å². The summed E-state index contributed by atoms with van der Waals surface area (Å²) in [6, 6.07) is 3.95. The lowest BCUT2D eigenvalue weighted by Crippen LogP contribution is -2.34. The zero-order valence-corrected chi connectivity index (χ0v) is 11.3. The molecule has 6 heteroatoms. The van der Waals surface area contributed by atoms with E-state index in [0.717, 1.165) is 5.56 Å². The van der Waals surface area contributed by atoms with Crippen molar-refractivity contribution in [3.63, 3.8) is 0 Å². The second-order valence-corrected chi connectivity index (χ2v) is 6.54. The van der Waals surface area contributed by atoms with Crippen molar-refractivity contribution < 1.29 is 8.42 Å². The maximum atomic E-state index is 11.8. The van der Waals surface area contributed by atoms with Gasteiger partial charge in [0.2, 0.25) is 10.0 Å². The Morgan fingerprint density at radius 1 is 1.39 bits per heavy atom. The molecule has 1 unspecified atom stereocenters. The van der Waals surface area contributed by atoms with E-state index >= 15 is 0 Å². The maximum absolute atomic E-state index is 11.8. The maximum Gasteiger partial charge on any atom is 0.213 e. The molecule has 100 valence electrons. The van der Waals surface area contributed by atoms with E-state index in [-0.39, 0.29) is 11.8 Å². The predicted octanol–water partition coefficient (Wildman–Crippen LogP) is 0.814. The molecule has 1 aromatic rings. The van der Waals surface area contributed by atoms with Crippen molar-refractivity contribution in [3.8, 4) is 0 Å². The summed E-state index contributed by atoms with van der Waals surface area (Å²) in [5.41, 5.74) is 0.920. The van der Waals surface area contributed by atoms with E-state index in [1.165, 1.54) is 12.8 Å². The molecule has 1 saturated carbocycles. The second kappa shape index (κ2) is 5.77. The van der Waals surface area contributed by atoms with Gasteiger partial charge in [0.05, 0.1) is 5.75 Å². The minimum Gasteiger partial charge on any atom is -0.313 e. The number of nitrogens with one attached hydrogen (secondary N) is 2. The highest BCUT2D eigenvalue weighted by Crippen LogP contribution is 2.18. The first kappa shape index (κ1) is 13.5. The molecule has 1 atom stereocenters. The Morgan fingerprint density at radius 2 is 2.06 bits per heavy atom. The smallest absolute Gasteiger partial charge is 0.213 e. The molecule has 1 aromatic heterocycles. The summed E-state index contributed by atoms with van der Waals surface area (Å²) in [5, 5.41) is 3.20. The van der Waals surface area contributed by atoms with Crippen LogP contribution in [0.15, 0.2) is 24.5 Å². The van der Waals surface area contributed by atoms with Crippen molar-refractivity contribution >= 4 is 10.0 Å². The van der Waals surface area contributed by atoms with Gasteiger partial charge in [0, 0.05) is 31.0 Å². The van der Waals surface area contributed by atoms with Crippen molar-refractivity contribution in [1.29, 1.82) is 0 Å². The molecule has 1 aliphatic rings. The number of rotatable bonds is 7. The van der Waals surface area contributed by atoms with Gasteiger partial charge in [-0.2, -0.15) is 0 Å². The van der Waals surface area contributed by atoms with Crippen LogP contribution in [0.2, 0.25) is 0 Å². The molecule has 1 aliphatic carbocycles. The molecular weight excluding hydrogens is 250 g/mol. The number of aromatic nitrogens is 1. The van der Waals surface area contributed by atoms with Crippen molar-refractivity contribution in [2.45, 2.75) is 31.8 Å². The monoisotopic (exact) mass is 269 g/mol. The highest BCUT2D eigenvalue weighted by molar-refractivity contribution is 7.89. The van der Waals surface area contributed by atoms with E-state index in [1.807, 2.05) is 19.1 Å². The molecule has 2 N–H and O–H groups in total. The summed E-state index contributed by atoms with van der Waals surface area (Å²) in [4.78, 5) is 3.91. The largest absolute Gasteiger partial charge is 0.313 e. The first-order valence-corrected chi connectivity index (χ1v) is 7.85. The molecule has 0 radical (unpaired) electrons. The van der Waals surface area contributed by atoms with Gasteiger partial charge in [0.1, 0.15) is 0 Å². The van der Waals surface area contributed by atoms with Crippen LogP contribution in [0.25, 0.3) is 0 Å². The van der Waals surface area contributed by atoms with Crippen molar-refractivity contribution in [2.75, 3.05) is 12.3 Å². The van der Waals surface area contributed by atoms with Gasteiger partial charge < -0.3 is 5.32 Å². The highest BCUT2D eigenvalue weighted by atomic mass is 32.2. The molecule has 0 bridgehead atoms. The van der Waals surface area contributed by atoms with Crippen LogP contribution in [-0.2, 0) is 10.0 Å². The third-order valence-electron chi connectivity index (χ3n) is 2.94. The van der Waals surface area contributed by atoms with Gasteiger partial charge in [-0.25, -0.2) is 13.1 Å². The summed E-state index contributed by atoms with van der Waals surface area (Å²) in [7, 11) is -3.23. The third kappa shape index (κ3) is 4.36. The normalized spacial score (nSPS) is 17.6. The standard InChI is InChI=1S/C12H19N3O2S/c1-10(11-4-6-13-7-5-11)15-18(16,17)9-8-14-12-2-3-12/h4-7,10,12,14-15H,2-3,8-9H2,1H3. The molecule has 2 rings (SSSR count). The van der Waals surface area contributed by atoms with Crippen LogP contribution < -0.4 is 10.0 Å². The van der Waals surface area contributed by atoms with Gasteiger partial charge in [-0.3, -0.25) is 4.98 Å². The quantitative estimate of drug-likeness (QED) is 0.768. The lowest BCUT2D eigenvalue weighted by Gasteiger charge is -2.14. The van der Waals surface area contributed by atoms with Crippen LogP contribution >= 0.6 is 0 Å². The summed E-state index contributed by atoms with van der Waals surface area (Å²) >= 11 is 0. The fraction of sp³-hybridized carbons (Fsp3) is 0.583. The molecule has 0 spiro atoms. The van der Waals surface area contributed by atoms with E-state index in [0.29, 0.717) is 12.6 Å². The van der Waals surface area contributed by atoms with Crippen LogP contribution in [0.4, 0.5) is 0 Å². The van der Waals surface area contributed by atoms with Crippen LogP contribution in [0, 0.1) is 0 Å². The van der Waals surface area contributed by atoms with E-state index in [9.17, 15) is 8.42 Å². The van der Waals surface area contributed by atoms with Crippen LogP contribution in [0.5, 0.6) is 0 Å². The van der Waals surface area contributed by atoms with Gasteiger partial charge in [-0.1, -0.05) is 0 Å². The van der Waals surface area contributed by atoms with Crippen LogP contribution in [0.1, 0.15) is 31.4 Å². The Balaban J connectivity index is 1.82. The third-order valence-corrected chi connectivity index (χ3v) is 4.40. The van der Waals surface area contributed by atoms with E-state index in [1.54, 1.807) is 12.4 Å². The molecule has 0 aliphatic heterocycles. The first-order chi connectivity index (χ1) is 8.57. The van der Waals surface area contributed by atoms with Gasteiger partial charge in [0.25, 0.3) is 0 Å². The Hall–Kier alpha value is -0.980. The lowest BCUT2D eigenvalue weighted by atomic mass is 10.1. The summed E-state index contributed by atoms with van der Waals surface area (Å²) in [6.45, 7) is 2.35. The van der Waals surface area contributed by atoms with E-state index in [2.05, 4.69) is 15.0 Å². The predicted molar refractivity (Wildman–Crippen MR) is 70.6 cm³/mol.